The molecule has 2 saturated heterocycles. The number of nitrogens with zero attached hydrogens (tertiary/aromatic N) is 1. The maximum Gasteiger partial charge on any atom is 0.223 e. The SMILES string of the molecule is O=C(CCCOc1ccccc1)N1CCCCC1C1OCCO1. The van der Waals surface area contributed by atoms with E-state index in [4.69, 9.17) is 14.2 Å². The van der Waals surface area contributed by atoms with Crippen LogP contribution in [0.2, 0.25) is 0 Å². The Hall–Kier alpha value is -1.59. The summed E-state index contributed by atoms with van der Waals surface area (Å²) in [7, 11) is 0. The van der Waals surface area contributed by atoms with E-state index in [1.54, 1.807) is 0 Å². The number of carbonyl (C=O) groups excluding carboxylic acids is 1. The molecule has 1 aromatic carbocycles. The molecular weight excluding hydrogens is 294 g/mol. The maximum atomic E-state index is 12.5. The predicted molar refractivity (Wildman–Crippen MR) is 86.2 cm³/mol. The minimum atomic E-state index is -0.236. The molecule has 23 heavy (non-hydrogen) atoms. The fraction of sp³-hybridized carbons (Fsp3) is 0.611. The zero-order chi connectivity index (χ0) is 15.9. The van der Waals surface area contributed by atoms with E-state index in [2.05, 4.69) is 0 Å². The van der Waals surface area contributed by atoms with Crippen molar-refractivity contribution in [3.8, 4) is 5.75 Å². The van der Waals surface area contributed by atoms with Crippen molar-refractivity contribution in [1.29, 1.82) is 0 Å². The minimum Gasteiger partial charge on any atom is -0.494 e. The van der Waals surface area contributed by atoms with Crippen molar-refractivity contribution in [3.05, 3.63) is 30.3 Å². The zero-order valence-corrected chi connectivity index (χ0v) is 13.5. The van der Waals surface area contributed by atoms with Crippen LogP contribution in [0.3, 0.4) is 0 Å². The molecule has 2 aliphatic rings. The fourth-order valence-corrected chi connectivity index (χ4v) is 3.22. The molecule has 1 amide bonds. The van der Waals surface area contributed by atoms with Gasteiger partial charge in [0.2, 0.25) is 5.91 Å². The number of hydrogen-bond donors (Lipinski definition) is 0. The molecule has 1 unspecified atom stereocenters. The number of benzene rings is 1. The number of piperidine rings is 1. The average molecular weight is 319 g/mol. The molecule has 0 saturated carbocycles. The molecule has 5 heteroatoms. The zero-order valence-electron chi connectivity index (χ0n) is 13.5. The molecule has 0 radical (unpaired) electrons. The van der Waals surface area contributed by atoms with Gasteiger partial charge in [-0.05, 0) is 37.8 Å². The van der Waals surface area contributed by atoms with Gasteiger partial charge in [0.05, 0.1) is 25.9 Å². The number of hydrogen-bond acceptors (Lipinski definition) is 4. The smallest absolute Gasteiger partial charge is 0.223 e. The van der Waals surface area contributed by atoms with Crippen LogP contribution in [-0.4, -0.2) is 49.5 Å². The highest BCUT2D eigenvalue weighted by Crippen LogP contribution is 2.25. The molecule has 126 valence electrons. The molecule has 0 N–H and O–H groups in total. The van der Waals surface area contributed by atoms with Gasteiger partial charge in [-0.15, -0.1) is 0 Å². The monoisotopic (exact) mass is 319 g/mol. The van der Waals surface area contributed by atoms with Crippen LogP contribution in [0.1, 0.15) is 32.1 Å². The number of amides is 1. The summed E-state index contributed by atoms with van der Waals surface area (Å²) in [6, 6.07) is 9.78. The lowest BCUT2D eigenvalue weighted by Gasteiger charge is -2.38. The van der Waals surface area contributed by atoms with E-state index in [0.29, 0.717) is 26.2 Å². The molecule has 1 atom stereocenters. The normalized spacial score (nSPS) is 22.3. The summed E-state index contributed by atoms with van der Waals surface area (Å²) >= 11 is 0. The van der Waals surface area contributed by atoms with Crippen molar-refractivity contribution >= 4 is 5.91 Å². The summed E-state index contributed by atoms with van der Waals surface area (Å²) in [6.07, 6.45) is 4.17. The third-order valence-electron chi connectivity index (χ3n) is 4.38. The summed E-state index contributed by atoms with van der Waals surface area (Å²) in [5.41, 5.74) is 0. The van der Waals surface area contributed by atoms with Crippen molar-refractivity contribution in [2.24, 2.45) is 0 Å². The van der Waals surface area contributed by atoms with Crippen LogP contribution in [0.25, 0.3) is 0 Å². The van der Waals surface area contributed by atoms with Crippen LogP contribution in [0.5, 0.6) is 5.75 Å². The maximum absolute atomic E-state index is 12.5. The van der Waals surface area contributed by atoms with Crippen molar-refractivity contribution in [2.75, 3.05) is 26.4 Å². The lowest BCUT2D eigenvalue weighted by Crippen LogP contribution is -2.50. The van der Waals surface area contributed by atoms with E-state index >= 15 is 0 Å². The highest BCUT2D eigenvalue weighted by atomic mass is 16.7. The number of carbonyl (C=O) groups is 1. The Bertz CT molecular complexity index is 487. The number of para-hydroxylation sites is 1. The molecule has 2 aliphatic heterocycles. The molecule has 0 aliphatic carbocycles. The first-order chi connectivity index (χ1) is 11.3. The Morgan fingerprint density at radius 1 is 1.17 bits per heavy atom. The number of rotatable bonds is 6. The molecule has 3 rings (SSSR count). The van der Waals surface area contributed by atoms with Gasteiger partial charge in [-0.2, -0.15) is 0 Å². The van der Waals surface area contributed by atoms with Crippen LogP contribution < -0.4 is 4.74 Å². The molecule has 0 bridgehead atoms. The van der Waals surface area contributed by atoms with E-state index in [1.165, 1.54) is 0 Å². The van der Waals surface area contributed by atoms with E-state index in [9.17, 15) is 4.79 Å². The van der Waals surface area contributed by atoms with Crippen molar-refractivity contribution in [2.45, 2.75) is 44.4 Å². The molecule has 2 fully saturated rings. The Morgan fingerprint density at radius 2 is 1.96 bits per heavy atom. The fourth-order valence-electron chi connectivity index (χ4n) is 3.22. The van der Waals surface area contributed by atoms with Crippen LogP contribution in [-0.2, 0) is 14.3 Å². The van der Waals surface area contributed by atoms with Gasteiger partial charge >= 0.3 is 0 Å². The molecule has 0 spiro atoms. The lowest BCUT2D eigenvalue weighted by molar-refractivity contribution is -0.150. The van der Waals surface area contributed by atoms with E-state index in [-0.39, 0.29) is 18.2 Å². The minimum absolute atomic E-state index is 0.0776. The van der Waals surface area contributed by atoms with Crippen molar-refractivity contribution in [1.82, 2.24) is 4.90 Å². The summed E-state index contributed by atoms with van der Waals surface area (Å²) in [4.78, 5) is 14.5. The second kappa shape index (κ2) is 8.31. The van der Waals surface area contributed by atoms with Gasteiger partial charge < -0.3 is 19.1 Å². The largest absolute Gasteiger partial charge is 0.494 e. The first kappa shape index (κ1) is 16.3. The molecule has 0 aromatic heterocycles. The summed E-state index contributed by atoms with van der Waals surface area (Å²) in [6.45, 7) is 2.64. The van der Waals surface area contributed by atoms with Gasteiger partial charge in [-0.3, -0.25) is 4.79 Å². The number of ether oxygens (including phenoxy) is 3. The third-order valence-corrected chi connectivity index (χ3v) is 4.38. The van der Waals surface area contributed by atoms with Crippen LogP contribution in [0.4, 0.5) is 0 Å². The first-order valence-electron chi connectivity index (χ1n) is 8.55. The Kier molecular flexibility index (Phi) is 5.88. The van der Waals surface area contributed by atoms with Gasteiger partial charge in [0.25, 0.3) is 0 Å². The van der Waals surface area contributed by atoms with Crippen LogP contribution in [0, 0.1) is 0 Å². The van der Waals surface area contributed by atoms with E-state index in [1.807, 2.05) is 35.2 Å². The van der Waals surface area contributed by atoms with Crippen LogP contribution in [0.15, 0.2) is 30.3 Å². The van der Waals surface area contributed by atoms with Gasteiger partial charge in [0.15, 0.2) is 6.29 Å². The van der Waals surface area contributed by atoms with Crippen molar-refractivity contribution in [3.63, 3.8) is 0 Å². The second-order valence-electron chi connectivity index (χ2n) is 6.03. The number of likely N-dealkylation sites (tertiary alicyclic amines) is 1. The highest BCUT2D eigenvalue weighted by Gasteiger charge is 2.35. The van der Waals surface area contributed by atoms with E-state index < -0.39 is 0 Å². The summed E-state index contributed by atoms with van der Waals surface area (Å²) < 4.78 is 16.9. The standard InChI is InChI=1S/C18H25NO4/c20-17(10-6-12-21-15-7-2-1-3-8-15)19-11-5-4-9-16(19)18-22-13-14-23-18/h1-3,7-8,16,18H,4-6,9-14H2. The third kappa shape index (κ3) is 4.45. The van der Waals surface area contributed by atoms with Gasteiger partial charge in [0.1, 0.15) is 5.75 Å². The Balaban J connectivity index is 1.44. The Morgan fingerprint density at radius 3 is 2.74 bits per heavy atom. The van der Waals surface area contributed by atoms with Gasteiger partial charge in [-0.1, -0.05) is 18.2 Å². The van der Waals surface area contributed by atoms with Crippen LogP contribution >= 0.6 is 0 Å². The van der Waals surface area contributed by atoms with Gasteiger partial charge in [0, 0.05) is 13.0 Å². The topological polar surface area (TPSA) is 48.0 Å². The molecule has 2 heterocycles. The summed E-state index contributed by atoms with van der Waals surface area (Å²) in [5, 5.41) is 0. The average Bonchev–Trinajstić information content (AvgIpc) is 3.14. The first-order valence-corrected chi connectivity index (χ1v) is 8.55. The summed E-state index contributed by atoms with van der Waals surface area (Å²) in [5.74, 6) is 1.04. The lowest BCUT2D eigenvalue weighted by atomic mass is 10.0. The Labute approximate surface area is 137 Å². The highest BCUT2D eigenvalue weighted by molar-refractivity contribution is 5.76. The van der Waals surface area contributed by atoms with Crippen molar-refractivity contribution < 1.29 is 19.0 Å². The molecule has 1 aromatic rings. The van der Waals surface area contributed by atoms with E-state index in [0.717, 1.165) is 38.0 Å². The molecule has 5 nitrogen and oxygen atoms in total. The predicted octanol–water partition coefficient (Wildman–Crippen LogP) is 2.60. The second-order valence-corrected chi connectivity index (χ2v) is 6.03. The quantitative estimate of drug-likeness (QED) is 0.756. The van der Waals surface area contributed by atoms with Gasteiger partial charge in [-0.25, -0.2) is 0 Å². The molecular formula is C18H25NO4.